The smallest absolute Gasteiger partial charge is 0.261 e. The Morgan fingerprint density at radius 3 is 2.13 bits per heavy atom. The average Bonchev–Trinajstić information content (AvgIpc) is 2.80. The van der Waals surface area contributed by atoms with E-state index in [-0.39, 0.29) is 11.8 Å². The lowest BCUT2D eigenvalue weighted by molar-refractivity contribution is -0.129. The van der Waals surface area contributed by atoms with E-state index in [4.69, 9.17) is 16.3 Å². The second-order valence-electron chi connectivity index (χ2n) is 7.10. The maximum Gasteiger partial charge on any atom is 0.261 e. The number of methoxy groups -OCH3 is 1. The third kappa shape index (κ3) is 4.23. The van der Waals surface area contributed by atoms with Gasteiger partial charge in [-0.25, -0.2) is 0 Å². The van der Waals surface area contributed by atoms with Crippen LogP contribution in [0.15, 0.2) is 103 Å². The van der Waals surface area contributed by atoms with Crippen LogP contribution in [0.2, 0.25) is 5.02 Å². The number of hydrogen-bond acceptors (Lipinski definition) is 2. The van der Waals surface area contributed by atoms with E-state index in [9.17, 15) is 4.79 Å². The summed E-state index contributed by atoms with van der Waals surface area (Å²) in [6.45, 7) is 0. The van der Waals surface area contributed by atoms with Crippen LogP contribution in [0.25, 0.3) is 6.08 Å². The van der Waals surface area contributed by atoms with Gasteiger partial charge in [-0.05, 0) is 41.0 Å². The molecule has 0 radical (unpaired) electrons. The van der Waals surface area contributed by atoms with Crippen molar-refractivity contribution < 1.29 is 9.53 Å². The van der Waals surface area contributed by atoms with Crippen LogP contribution in [0, 0.1) is 0 Å². The molecule has 0 spiro atoms. The first-order valence-electron chi connectivity index (χ1n) is 9.78. The van der Waals surface area contributed by atoms with Gasteiger partial charge in [0.15, 0.2) is 0 Å². The van der Waals surface area contributed by atoms with E-state index >= 15 is 0 Å². The number of hydrogen-bond donors (Lipinski definition) is 0. The number of amides is 1. The zero-order valence-electron chi connectivity index (χ0n) is 16.6. The number of ether oxygens (including phenoxy) is 1. The van der Waals surface area contributed by atoms with Gasteiger partial charge in [0.2, 0.25) is 0 Å². The highest BCUT2D eigenvalue weighted by Crippen LogP contribution is 2.37. The first kappa shape index (κ1) is 20.1. The fourth-order valence-corrected chi connectivity index (χ4v) is 3.84. The molecule has 4 heteroatoms. The normalized spacial score (nSPS) is 19.2. The summed E-state index contributed by atoms with van der Waals surface area (Å²) >= 11 is 6.04. The van der Waals surface area contributed by atoms with Crippen LogP contribution in [-0.2, 0) is 9.53 Å². The van der Waals surface area contributed by atoms with Gasteiger partial charge in [-0.1, -0.05) is 84.4 Å². The predicted octanol–water partition coefficient (Wildman–Crippen LogP) is 6.08. The Kier molecular flexibility index (Phi) is 6.12. The molecular formula is C26H22ClNO2. The first-order chi connectivity index (χ1) is 14.7. The lowest BCUT2D eigenvalue weighted by Gasteiger charge is -2.36. The van der Waals surface area contributed by atoms with E-state index < -0.39 is 6.10 Å². The molecule has 0 bridgehead atoms. The van der Waals surface area contributed by atoms with E-state index in [1.54, 1.807) is 24.1 Å². The molecule has 0 fully saturated rings. The zero-order chi connectivity index (χ0) is 20.9. The molecule has 3 aromatic rings. The number of nitrogens with zero attached hydrogens (tertiary/aromatic N) is 1. The van der Waals surface area contributed by atoms with Gasteiger partial charge in [0.25, 0.3) is 5.91 Å². The first-order valence-corrected chi connectivity index (χ1v) is 10.2. The van der Waals surface area contributed by atoms with E-state index in [0.29, 0.717) is 5.02 Å². The highest BCUT2D eigenvalue weighted by atomic mass is 35.5. The Hall–Kier alpha value is -3.14. The second kappa shape index (κ2) is 9.12. The number of rotatable bonds is 5. The summed E-state index contributed by atoms with van der Waals surface area (Å²) < 4.78 is 5.74. The largest absolute Gasteiger partial charge is 0.371 e. The lowest BCUT2D eigenvalue weighted by atomic mass is 9.83. The molecule has 0 saturated carbocycles. The summed E-state index contributed by atoms with van der Waals surface area (Å²) in [5.74, 6) is -0.308. The van der Waals surface area contributed by atoms with Crippen LogP contribution in [0.1, 0.15) is 17.0 Å². The second-order valence-corrected chi connectivity index (χ2v) is 7.54. The molecule has 3 aromatic carbocycles. The van der Waals surface area contributed by atoms with Gasteiger partial charge in [-0.15, -0.1) is 0 Å². The van der Waals surface area contributed by atoms with Crippen molar-refractivity contribution in [3.8, 4) is 0 Å². The maximum absolute atomic E-state index is 13.3. The third-order valence-electron chi connectivity index (χ3n) is 5.21. The predicted molar refractivity (Wildman–Crippen MR) is 122 cm³/mol. The highest BCUT2D eigenvalue weighted by molar-refractivity contribution is 6.30. The van der Waals surface area contributed by atoms with Gasteiger partial charge in [0.1, 0.15) is 6.10 Å². The summed E-state index contributed by atoms with van der Waals surface area (Å²) in [5.41, 5.74) is 3.88. The quantitative estimate of drug-likeness (QED) is 0.505. The van der Waals surface area contributed by atoms with Crippen LogP contribution in [0.4, 0.5) is 5.69 Å². The molecule has 30 heavy (non-hydrogen) atoms. The standard InChI is InChI=1S/C26H22ClNO2/c1-30-25-24(20-10-6-3-7-11-20)21(13-12-19-8-4-2-5-9-19)18-28(26(25)29)23-16-14-22(27)15-17-23/h2-18,24-25H,1H3/b13-12+/t24-,25+/m0/s1. The van der Waals surface area contributed by atoms with E-state index in [2.05, 4.69) is 12.2 Å². The van der Waals surface area contributed by atoms with Crippen molar-refractivity contribution in [3.63, 3.8) is 0 Å². The zero-order valence-corrected chi connectivity index (χ0v) is 17.4. The Bertz CT molecular complexity index is 1060. The molecule has 0 N–H and O–H groups in total. The number of benzene rings is 3. The Morgan fingerprint density at radius 1 is 0.867 bits per heavy atom. The van der Waals surface area contributed by atoms with Gasteiger partial charge in [-0.3, -0.25) is 9.69 Å². The Balaban J connectivity index is 1.81. The van der Waals surface area contributed by atoms with Crippen molar-refractivity contribution in [1.82, 2.24) is 0 Å². The molecule has 0 saturated heterocycles. The molecule has 3 nitrogen and oxygen atoms in total. The summed E-state index contributed by atoms with van der Waals surface area (Å²) in [6, 6.07) is 27.3. The molecule has 1 aliphatic heterocycles. The van der Waals surface area contributed by atoms with Gasteiger partial charge >= 0.3 is 0 Å². The average molecular weight is 416 g/mol. The van der Waals surface area contributed by atoms with Crippen LogP contribution in [-0.4, -0.2) is 19.1 Å². The SMILES string of the molecule is CO[C@H]1C(=O)N(c2ccc(Cl)cc2)C=C(/C=C/c2ccccc2)[C@@H]1c1ccccc1. The summed E-state index contributed by atoms with van der Waals surface area (Å²) in [4.78, 5) is 15.0. The highest BCUT2D eigenvalue weighted by Gasteiger charge is 2.38. The molecule has 4 rings (SSSR count). The van der Waals surface area contributed by atoms with Crippen molar-refractivity contribution >= 4 is 29.3 Å². The van der Waals surface area contributed by atoms with Gasteiger partial charge in [0.05, 0.1) is 0 Å². The maximum atomic E-state index is 13.3. The van der Waals surface area contributed by atoms with Crippen LogP contribution in [0.3, 0.4) is 0 Å². The molecule has 150 valence electrons. The minimum atomic E-state index is -0.636. The molecule has 1 heterocycles. The molecule has 0 aromatic heterocycles. The van der Waals surface area contributed by atoms with E-state index in [1.807, 2.05) is 79.0 Å². The van der Waals surface area contributed by atoms with Gasteiger partial charge < -0.3 is 4.74 Å². The van der Waals surface area contributed by atoms with Crippen molar-refractivity contribution in [1.29, 1.82) is 0 Å². The molecular weight excluding hydrogens is 394 g/mol. The lowest BCUT2D eigenvalue weighted by Crippen LogP contribution is -2.45. The minimum Gasteiger partial charge on any atom is -0.371 e. The molecule has 2 atom stereocenters. The van der Waals surface area contributed by atoms with Gasteiger partial charge in [0, 0.05) is 29.9 Å². The van der Waals surface area contributed by atoms with Crippen LogP contribution < -0.4 is 4.90 Å². The van der Waals surface area contributed by atoms with Crippen molar-refractivity contribution in [2.45, 2.75) is 12.0 Å². The molecule has 1 aliphatic rings. The number of carbonyl (C=O) groups is 1. The Morgan fingerprint density at radius 2 is 1.50 bits per heavy atom. The van der Waals surface area contributed by atoms with Crippen molar-refractivity contribution in [3.05, 3.63) is 119 Å². The number of anilines is 1. The number of carbonyl (C=O) groups excluding carboxylic acids is 1. The fraction of sp³-hybridized carbons (Fsp3) is 0.115. The monoisotopic (exact) mass is 415 g/mol. The number of allylic oxidation sites excluding steroid dienone is 1. The van der Waals surface area contributed by atoms with E-state index in [0.717, 1.165) is 22.4 Å². The van der Waals surface area contributed by atoms with Crippen LogP contribution in [0.5, 0.6) is 0 Å². The summed E-state index contributed by atoms with van der Waals surface area (Å²) in [6.07, 6.45) is 5.39. The topological polar surface area (TPSA) is 29.5 Å². The van der Waals surface area contributed by atoms with Gasteiger partial charge in [-0.2, -0.15) is 0 Å². The number of halogens is 1. The van der Waals surface area contributed by atoms with Crippen LogP contribution >= 0.6 is 11.6 Å². The molecule has 0 unspecified atom stereocenters. The molecule has 1 amide bonds. The van der Waals surface area contributed by atoms with Crippen molar-refractivity contribution in [2.75, 3.05) is 12.0 Å². The van der Waals surface area contributed by atoms with E-state index in [1.165, 1.54) is 0 Å². The fourth-order valence-electron chi connectivity index (χ4n) is 3.72. The minimum absolute atomic E-state index is 0.106. The summed E-state index contributed by atoms with van der Waals surface area (Å²) in [7, 11) is 1.59. The third-order valence-corrected chi connectivity index (χ3v) is 5.46. The Labute approximate surface area is 181 Å². The van der Waals surface area contributed by atoms with Crippen molar-refractivity contribution in [2.24, 2.45) is 0 Å². The summed E-state index contributed by atoms with van der Waals surface area (Å²) in [5, 5.41) is 0.627. The molecule has 0 aliphatic carbocycles.